The van der Waals surface area contributed by atoms with E-state index in [9.17, 15) is 5.11 Å². The van der Waals surface area contributed by atoms with Gasteiger partial charge in [-0.05, 0) is 30.0 Å². The second-order valence-corrected chi connectivity index (χ2v) is 5.75. The molecule has 0 saturated heterocycles. The Labute approximate surface area is 126 Å². The van der Waals surface area contributed by atoms with Gasteiger partial charge < -0.3 is 9.84 Å². The summed E-state index contributed by atoms with van der Waals surface area (Å²) in [6, 6.07) is 16.4. The first-order valence-electron chi connectivity index (χ1n) is 7.78. The van der Waals surface area contributed by atoms with Crippen LogP contribution in [0.4, 0.5) is 0 Å². The standard InChI is InChI=1S/C19H22O2/c1-2-3-6-14-9-11-15(12-10-14)19(20)17-13-21-18-8-5-4-7-16(17)18/h4-5,7-12,17,19-20H,2-3,6,13H2,1H3. The first-order valence-corrected chi connectivity index (χ1v) is 7.78. The normalized spacial score (nSPS) is 18.1. The van der Waals surface area contributed by atoms with Gasteiger partial charge in [-0.15, -0.1) is 0 Å². The van der Waals surface area contributed by atoms with Crippen LogP contribution in [-0.4, -0.2) is 11.7 Å². The summed E-state index contributed by atoms with van der Waals surface area (Å²) in [6.45, 7) is 2.76. The van der Waals surface area contributed by atoms with Gasteiger partial charge in [-0.25, -0.2) is 0 Å². The van der Waals surface area contributed by atoms with Crippen molar-refractivity contribution < 1.29 is 9.84 Å². The molecule has 1 N–H and O–H groups in total. The number of aryl methyl sites for hydroxylation is 1. The molecule has 0 aromatic heterocycles. The van der Waals surface area contributed by atoms with Crippen LogP contribution < -0.4 is 4.74 Å². The van der Waals surface area contributed by atoms with Crippen molar-refractivity contribution in [3.8, 4) is 5.75 Å². The highest BCUT2D eigenvalue weighted by atomic mass is 16.5. The maximum absolute atomic E-state index is 10.7. The number of ether oxygens (including phenoxy) is 1. The molecule has 2 nitrogen and oxygen atoms in total. The van der Waals surface area contributed by atoms with Crippen molar-refractivity contribution in [1.29, 1.82) is 0 Å². The maximum Gasteiger partial charge on any atom is 0.123 e. The van der Waals surface area contributed by atoms with Gasteiger partial charge in [0.25, 0.3) is 0 Å². The number of hydrogen-bond acceptors (Lipinski definition) is 2. The molecule has 1 aliphatic heterocycles. The van der Waals surface area contributed by atoms with Crippen molar-refractivity contribution in [2.75, 3.05) is 6.61 Å². The van der Waals surface area contributed by atoms with Crippen LogP contribution in [-0.2, 0) is 6.42 Å². The molecule has 3 rings (SSSR count). The van der Waals surface area contributed by atoms with Crippen molar-refractivity contribution >= 4 is 0 Å². The number of hydrogen-bond donors (Lipinski definition) is 1. The zero-order chi connectivity index (χ0) is 14.7. The molecular weight excluding hydrogens is 260 g/mol. The number of fused-ring (bicyclic) bond motifs is 1. The zero-order valence-corrected chi connectivity index (χ0v) is 12.5. The van der Waals surface area contributed by atoms with Crippen molar-refractivity contribution in [2.24, 2.45) is 0 Å². The second kappa shape index (κ2) is 6.31. The van der Waals surface area contributed by atoms with E-state index in [2.05, 4.69) is 31.2 Å². The third-order valence-electron chi connectivity index (χ3n) is 4.26. The first kappa shape index (κ1) is 14.2. The smallest absolute Gasteiger partial charge is 0.123 e. The summed E-state index contributed by atoms with van der Waals surface area (Å²) in [4.78, 5) is 0. The predicted octanol–water partition coefficient (Wildman–Crippen LogP) is 4.24. The van der Waals surface area contributed by atoms with Gasteiger partial charge in [-0.1, -0.05) is 55.8 Å². The van der Waals surface area contributed by atoms with Gasteiger partial charge >= 0.3 is 0 Å². The number of benzene rings is 2. The van der Waals surface area contributed by atoms with Crippen molar-refractivity contribution in [3.05, 3.63) is 65.2 Å². The van der Waals surface area contributed by atoms with E-state index in [-0.39, 0.29) is 5.92 Å². The molecule has 0 saturated carbocycles. The topological polar surface area (TPSA) is 29.5 Å². The molecule has 0 radical (unpaired) electrons. The number of unbranched alkanes of at least 4 members (excludes halogenated alkanes) is 1. The highest BCUT2D eigenvalue weighted by molar-refractivity contribution is 5.41. The molecule has 2 aromatic rings. The molecule has 2 atom stereocenters. The van der Waals surface area contributed by atoms with Gasteiger partial charge in [0.15, 0.2) is 0 Å². The average molecular weight is 282 g/mol. The van der Waals surface area contributed by atoms with Crippen LogP contribution in [0.3, 0.4) is 0 Å². The van der Waals surface area contributed by atoms with Crippen LogP contribution in [0, 0.1) is 0 Å². The summed E-state index contributed by atoms with van der Waals surface area (Å²) in [5.41, 5.74) is 3.43. The summed E-state index contributed by atoms with van der Waals surface area (Å²) >= 11 is 0. The summed E-state index contributed by atoms with van der Waals surface area (Å²) in [5, 5.41) is 10.7. The summed E-state index contributed by atoms with van der Waals surface area (Å²) in [7, 11) is 0. The van der Waals surface area contributed by atoms with Gasteiger partial charge in [-0.3, -0.25) is 0 Å². The lowest BCUT2D eigenvalue weighted by Crippen LogP contribution is -2.12. The molecule has 2 aromatic carbocycles. The molecule has 0 bridgehead atoms. The minimum atomic E-state index is -0.506. The van der Waals surface area contributed by atoms with Gasteiger partial charge in [0.1, 0.15) is 5.75 Å². The van der Waals surface area contributed by atoms with Crippen molar-refractivity contribution in [1.82, 2.24) is 0 Å². The number of aliphatic hydroxyl groups excluding tert-OH is 1. The van der Waals surface area contributed by atoms with Gasteiger partial charge in [-0.2, -0.15) is 0 Å². The summed E-state index contributed by atoms with van der Waals surface area (Å²) in [6.07, 6.45) is 3.03. The fraction of sp³-hybridized carbons (Fsp3) is 0.368. The third kappa shape index (κ3) is 2.96. The Morgan fingerprint density at radius 3 is 2.67 bits per heavy atom. The largest absolute Gasteiger partial charge is 0.493 e. The highest BCUT2D eigenvalue weighted by Gasteiger charge is 2.30. The van der Waals surface area contributed by atoms with Crippen molar-refractivity contribution in [3.63, 3.8) is 0 Å². The van der Waals surface area contributed by atoms with E-state index in [1.54, 1.807) is 0 Å². The van der Waals surface area contributed by atoms with E-state index in [0.717, 1.165) is 23.3 Å². The van der Waals surface area contributed by atoms with E-state index in [1.807, 2.05) is 24.3 Å². The minimum absolute atomic E-state index is 0.0303. The molecule has 0 spiro atoms. The molecular formula is C19H22O2. The number of para-hydroxylation sites is 1. The van der Waals surface area contributed by atoms with Crippen LogP contribution >= 0.6 is 0 Å². The van der Waals surface area contributed by atoms with Gasteiger partial charge in [0.05, 0.1) is 18.6 Å². The van der Waals surface area contributed by atoms with E-state index < -0.39 is 6.10 Å². The maximum atomic E-state index is 10.7. The molecule has 1 aliphatic rings. The highest BCUT2D eigenvalue weighted by Crippen LogP contribution is 2.41. The van der Waals surface area contributed by atoms with E-state index in [4.69, 9.17) is 4.74 Å². The number of rotatable bonds is 5. The van der Waals surface area contributed by atoms with Gasteiger partial charge in [0, 0.05) is 5.56 Å². The Hall–Kier alpha value is -1.80. The minimum Gasteiger partial charge on any atom is -0.493 e. The molecule has 110 valence electrons. The predicted molar refractivity (Wildman–Crippen MR) is 84.7 cm³/mol. The first-order chi connectivity index (χ1) is 10.3. The van der Waals surface area contributed by atoms with Crippen LogP contribution in [0.1, 0.15) is 48.5 Å². The van der Waals surface area contributed by atoms with Gasteiger partial charge in [0.2, 0.25) is 0 Å². The molecule has 0 amide bonds. The molecule has 2 unspecified atom stereocenters. The van der Waals surface area contributed by atoms with Crippen LogP contribution in [0.5, 0.6) is 5.75 Å². The monoisotopic (exact) mass is 282 g/mol. The number of aliphatic hydroxyl groups is 1. The lowest BCUT2D eigenvalue weighted by molar-refractivity contribution is 0.130. The summed E-state index contributed by atoms with van der Waals surface area (Å²) < 4.78 is 5.67. The Bertz CT molecular complexity index is 589. The molecule has 0 fully saturated rings. The van der Waals surface area contributed by atoms with Crippen LogP contribution in [0.15, 0.2) is 48.5 Å². The average Bonchev–Trinajstić information content (AvgIpc) is 2.97. The molecule has 2 heteroatoms. The van der Waals surface area contributed by atoms with Crippen molar-refractivity contribution in [2.45, 2.75) is 38.2 Å². The van der Waals surface area contributed by atoms with E-state index in [0.29, 0.717) is 6.61 Å². The fourth-order valence-corrected chi connectivity index (χ4v) is 2.94. The Morgan fingerprint density at radius 2 is 1.90 bits per heavy atom. The third-order valence-corrected chi connectivity index (χ3v) is 4.26. The SMILES string of the molecule is CCCCc1ccc(C(O)C2COc3ccccc32)cc1. The summed E-state index contributed by atoms with van der Waals surface area (Å²) in [5.74, 6) is 0.934. The molecule has 0 aliphatic carbocycles. The van der Waals surface area contributed by atoms with Crippen LogP contribution in [0.25, 0.3) is 0 Å². The molecule has 21 heavy (non-hydrogen) atoms. The van der Waals surface area contributed by atoms with Crippen LogP contribution in [0.2, 0.25) is 0 Å². The van der Waals surface area contributed by atoms with E-state index in [1.165, 1.54) is 18.4 Å². The zero-order valence-electron chi connectivity index (χ0n) is 12.5. The lowest BCUT2D eigenvalue weighted by Gasteiger charge is -2.18. The van der Waals surface area contributed by atoms with E-state index >= 15 is 0 Å². The Kier molecular flexibility index (Phi) is 4.26. The fourth-order valence-electron chi connectivity index (χ4n) is 2.94. The Morgan fingerprint density at radius 1 is 1.14 bits per heavy atom. The second-order valence-electron chi connectivity index (χ2n) is 5.75. The Balaban J connectivity index is 1.75. The molecule has 1 heterocycles. The quantitative estimate of drug-likeness (QED) is 0.889. The lowest BCUT2D eigenvalue weighted by atomic mass is 9.90.